The van der Waals surface area contributed by atoms with Crippen molar-refractivity contribution >= 4 is 23.6 Å². The van der Waals surface area contributed by atoms with Gasteiger partial charge in [-0.3, -0.25) is 9.48 Å². The molecular weight excluding hydrogens is 270 g/mol. The number of carbonyl (C=O) groups is 2. The maximum atomic E-state index is 11.8. The van der Waals surface area contributed by atoms with Crippen LogP contribution in [0.2, 0.25) is 0 Å². The van der Waals surface area contributed by atoms with Crippen LogP contribution in [0.4, 0.5) is 5.69 Å². The normalized spacial score (nSPS) is 10.8. The Morgan fingerprint density at radius 3 is 2.76 bits per heavy atom. The number of aromatic carboxylic acids is 1. The van der Waals surface area contributed by atoms with Crippen molar-refractivity contribution in [3.63, 3.8) is 0 Å². The first-order valence-corrected chi connectivity index (χ1v) is 6.27. The third-order valence-electron chi connectivity index (χ3n) is 2.89. The summed E-state index contributed by atoms with van der Waals surface area (Å²) >= 11 is 0. The number of carboxylic acids is 1. The van der Waals surface area contributed by atoms with Crippen molar-refractivity contribution < 1.29 is 14.7 Å². The zero-order valence-electron chi connectivity index (χ0n) is 11.7. The summed E-state index contributed by atoms with van der Waals surface area (Å²) in [5.74, 6) is -1.35. The van der Waals surface area contributed by atoms with Crippen LogP contribution in [0.3, 0.4) is 0 Å². The molecule has 0 aliphatic carbocycles. The fraction of sp³-hybridized carbons (Fsp3) is 0.133. The molecule has 2 rings (SSSR count). The van der Waals surface area contributed by atoms with Crippen molar-refractivity contribution in [3.8, 4) is 0 Å². The molecule has 6 nitrogen and oxygen atoms in total. The number of aryl methyl sites for hydroxylation is 2. The van der Waals surface area contributed by atoms with Crippen molar-refractivity contribution in [1.82, 2.24) is 9.78 Å². The lowest BCUT2D eigenvalue weighted by Crippen LogP contribution is -2.09. The minimum absolute atomic E-state index is 0.170. The number of benzene rings is 1. The van der Waals surface area contributed by atoms with Gasteiger partial charge in [-0.25, -0.2) is 4.79 Å². The van der Waals surface area contributed by atoms with E-state index in [0.29, 0.717) is 11.3 Å². The number of carboxylic acid groups (broad SMARTS) is 1. The molecule has 0 saturated heterocycles. The number of anilines is 1. The molecule has 108 valence electrons. The van der Waals surface area contributed by atoms with Crippen LogP contribution in [0.25, 0.3) is 6.08 Å². The molecule has 0 aliphatic rings. The Labute approximate surface area is 121 Å². The van der Waals surface area contributed by atoms with Crippen LogP contribution in [0.1, 0.15) is 21.5 Å². The summed E-state index contributed by atoms with van der Waals surface area (Å²) in [5, 5.41) is 15.7. The molecule has 0 radical (unpaired) electrons. The number of hydrogen-bond donors (Lipinski definition) is 2. The van der Waals surface area contributed by atoms with E-state index < -0.39 is 5.97 Å². The average Bonchev–Trinajstić information content (AvgIpc) is 2.84. The fourth-order valence-electron chi connectivity index (χ4n) is 1.81. The molecule has 0 unspecified atom stereocenters. The highest BCUT2D eigenvalue weighted by molar-refractivity contribution is 6.02. The Hall–Kier alpha value is -2.89. The molecule has 1 amide bonds. The van der Waals surface area contributed by atoms with Gasteiger partial charge in [0.2, 0.25) is 5.91 Å². The summed E-state index contributed by atoms with van der Waals surface area (Å²) in [6.07, 6.45) is 6.42. The Balaban J connectivity index is 2.07. The minimum atomic E-state index is -1.02. The van der Waals surface area contributed by atoms with Crippen molar-refractivity contribution in [3.05, 3.63) is 53.4 Å². The summed E-state index contributed by atoms with van der Waals surface area (Å²) in [6.45, 7) is 1.71. The lowest BCUT2D eigenvalue weighted by molar-refractivity contribution is -0.111. The predicted octanol–water partition coefficient (Wildman–Crippen LogP) is 2.08. The second kappa shape index (κ2) is 6.04. The summed E-state index contributed by atoms with van der Waals surface area (Å²) in [4.78, 5) is 22.8. The van der Waals surface area contributed by atoms with Crippen LogP contribution in [-0.2, 0) is 11.8 Å². The molecule has 0 atom stereocenters. The third-order valence-corrected chi connectivity index (χ3v) is 2.89. The monoisotopic (exact) mass is 285 g/mol. The highest BCUT2D eigenvalue weighted by atomic mass is 16.4. The molecule has 0 spiro atoms. The quantitative estimate of drug-likeness (QED) is 0.842. The van der Waals surface area contributed by atoms with Crippen molar-refractivity contribution in [2.45, 2.75) is 6.92 Å². The fourth-order valence-corrected chi connectivity index (χ4v) is 1.81. The van der Waals surface area contributed by atoms with E-state index in [1.165, 1.54) is 12.1 Å². The second-order valence-electron chi connectivity index (χ2n) is 4.60. The first-order valence-electron chi connectivity index (χ1n) is 6.27. The van der Waals surface area contributed by atoms with Crippen LogP contribution < -0.4 is 5.32 Å². The number of nitrogens with zero attached hydrogens (tertiary/aromatic N) is 2. The van der Waals surface area contributed by atoms with Gasteiger partial charge in [0.05, 0.1) is 11.8 Å². The van der Waals surface area contributed by atoms with Crippen LogP contribution in [0, 0.1) is 6.92 Å². The van der Waals surface area contributed by atoms with E-state index in [0.717, 1.165) is 5.56 Å². The largest absolute Gasteiger partial charge is 0.478 e. The van der Waals surface area contributed by atoms with E-state index in [9.17, 15) is 9.59 Å². The highest BCUT2D eigenvalue weighted by Gasteiger charge is 2.08. The van der Waals surface area contributed by atoms with Gasteiger partial charge in [-0.2, -0.15) is 5.10 Å². The number of hydrogen-bond acceptors (Lipinski definition) is 3. The molecular formula is C15H15N3O3. The number of carbonyl (C=O) groups excluding carboxylic acids is 1. The number of rotatable bonds is 4. The molecule has 2 N–H and O–H groups in total. The van der Waals surface area contributed by atoms with Crippen LogP contribution >= 0.6 is 0 Å². The lowest BCUT2D eigenvalue weighted by atomic mass is 10.1. The molecule has 0 saturated carbocycles. The Morgan fingerprint density at radius 1 is 1.38 bits per heavy atom. The van der Waals surface area contributed by atoms with Crippen LogP contribution in [0.15, 0.2) is 36.7 Å². The van der Waals surface area contributed by atoms with Gasteiger partial charge in [0, 0.05) is 30.6 Å². The van der Waals surface area contributed by atoms with Crippen molar-refractivity contribution in [2.75, 3.05) is 5.32 Å². The van der Waals surface area contributed by atoms with Gasteiger partial charge in [0.25, 0.3) is 0 Å². The first kappa shape index (κ1) is 14.5. The molecule has 1 aromatic heterocycles. The standard InChI is InChI=1S/C15H15N3O3/c1-10-3-5-12(7-13(10)15(20)21)17-14(19)6-4-11-8-16-18(2)9-11/h3-9H,1-2H3,(H,17,19)(H,20,21). The Morgan fingerprint density at radius 2 is 2.14 bits per heavy atom. The van der Waals surface area contributed by atoms with E-state index in [1.54, 1.807) is 49.3 Å². The maximum Gasteiger partial charge on any atom is 0.336 e. The Bertz CT molecular complexity index is 717. The molecule has 1 aromatic carbocycles. The van der Waals surface area contributed by atoms with E-state index in [2.05, 4.69) is 10.4 Å². The molecule has 0 fully saturated rings. The topological polar surface area (TPSA) is 84.2 Å². The highest BCUT2D eigenvalue weighted by Crippen LogP contribution is 2.15. The number of amides is 1. The van der Waals surface area contributed by atoms with E-state index >= 15 is 0 Å². The SMILES string of the molecule is Cc1ccc(NC(=O)C=Cc2cnn(C)c2)cc1C(=O)O. The van der Waals surface area contributed by atoms with Gasteiger partial charge in [-0.05, 0) is 30.7 Å². The first-order chi connectivity index (χ1) is 9.95. The smallest absolute Gasteiger partial charge is 0.336 e. The van der Waals surface area contributed by atoms with Crippen molar-refractivity contribution in [1.29, 1.82) is 0 Å². The average molecular weight is 285 g/mol. The predicted molar refractivity (Wildman–Crippen MR) is 79.0 cm³/mol. The van der Waals surface area contributed by atoms with Gasteiger partial charge >= 0.3 is 5.97 Å². The molecule has 2 aromatic rings. The number of nitrogens with one attached hydrogen (secondary N) is 1. The van der Waals surface area contributed by atoms with Gasteiger partial charge in [-0.15, -0.1) is 0 Å². The molecule has 0 aliphatic heterocycles. The lowest BCUT2D eigenvalue weighted by Gasteiger charge is -2.05. The maximum absolute atomic E-state index is 11.8. The van der Waals surface area contributed by atoms with E-state index in [-0.39, 0.29) is 11.5 Å². The molecule has 0 bridgehead atoms. The molecule has 1 heterocycles. The molecule has 21 heavy (non-hydrogen) atoms. The second-order valence-corrected chi connectivity index (χ2v) is 4.60. The van der Waals surface area contributed by atoms with Gasteiger partial charge < -0.3 is 10.4 Å². The van der Waals surface area contributed by atoms with Crippen LogP contribution in [-0.4, -0.2) is 26.8 Å². The van der Waals surface area contributed by atoms with Gasteiger partial charge in [-0.1, -0.05) is 6.07 Å². The molecule has 6 heteroatoms. The third kappa shape index (κ3) is 3.79. The summed E-state index contributed by atoms with van der Waals surface area (Å²) in [7, 11) is 1.79. The Kier molecular flexibility index (Phi) is 4.18. The van der Waals surface area contributed by atoms with E-state index in [1.807, 2.05) is 0 Å². The number of aromatic nitrogens is 2. The summed E-state index contributed by atoms with van der Waals surface area (Å²) < 4.78 is 1.64. The zero-order valence-corrected chi connectivity index (χ0v) is 11.7. The summed E-state index contributed by atoms with van der Waals surface area (Å²) in [6, 6.07) is 4.76. The summed E-state index contributed by atoms with van der Waals surface area (Å²) in [5.41, 5.74) is 2.07. The minimum Gasteiger partial charge on any atom is -0.478 e. The van der Waals surface area contributed by atoms with Gasteiger partial charge in [0.15, 0.2) is 0 Å². The van der Waals surface area contributed by atoms with Crippen molar-refractivity contribution in [2.24, 2.45) is 7.05 Å². The van der Waals surface area contributed by atoms with Crippen LogP contribution in [0.5, 0.6) is 0 Å². The van der Waals surface area contributed by atoms with Gasteiger partial charge in [0.1, 0.15) is 0 Å². The van der Waals surface area contributed by atoms with E-state index in [4.69, 9.17) is 5.11 Å². The zero-order chi connectivity index (χ0) is 15.4.